The molecule has 7 heteroatoms. The largest absolute Gasteiger partial charge is 0.358 e. The summed E-state index contributed by atoms with van der Waals surface area (Å²) in [4.78, 5) is 24.0. The van der Waals surface area contributed by atoms with Crippen molar-refractivity contribution in [3.63, 3.8) is 0 Å². The van der Waals surface area contributed by atoms with Crippen LogP contribution in [-0.2, 0) is 7.05 Å². The zero-order chi connectivity index (χ0) is 13.7. The SMILES string of the molecule is CCN(CCCCl)C(=O)c1ccc([N+](=O)[O-])n1C. The van der Waals surface area contributed by atoms with Crippen molar-refractivity contribution in [1.29, 1.82) is 0 Å². The van der Waals surface area contributed by atoms with Gasteiger partial charge < -0.3 is 15.0 Å². The maximum Gasteiger partial charge on any atom is 0.323 e. The third-order valence-corrected chi connectivity index (χ3v) is 3.00. The summed E-state index contributed by atoms with van der Waals surface area (Å²) in [7, 11) is 1.51. The normalized spacial score (nSPS) is 10.4. The Morgan fingerprint density at radius 1 is 1.56 bits per heavy atom. The number of carbonyl (C=O) groups excluding carboxylic acids is 1. The molecular weight excluding hydrogens is 258 g/mol. The highest BCUT2D eigenvalue weighted by atomic mass is 35.5. The monoisotopic (exact) mass is 273 g/mol. The van der Waals surface area contributed by atoms with Crippen LogP contribution in [0.2, 0.25) is 0 Å². The van der Waals surface area contributed by atoms with Gasteiger partial charge in [0.1, 0.15) is 0 Å². The Morgan fingerprint density at radius 3 is 2.67 bits per heavy atom. The maximum atomic E-state index is 12.2. The van der Waals surface area contributed by atoms with E-state index in [2.05, 4.69) is 0 Å². The second-order valence-corrected chi connectivity index (χ2v) is 4.20. The third kappa shape index (κ3) is 3.01. The van der Waals surface area contributed by atoms with Gasteiger partial charge in [-0.05, 0) is 24.3 Å². The van der Waals surface area contributed by atoms with Crippen molar-refractivity contribution in [3.05, 3.63) is 27.9 Å². The lowest BCUT2D eigenvalue weighted by Crippen LogP contribution is -2.33. The molecule has 0 spiro atoms. The smallest absolute Gasteiger partial charge is 0.323 e. The summed E-state index contributed by atoms with van der Waals surface area (Å²) >= 11 is 5.60. The van der Waals surface area contributed by atoms with Gasteiger partial charge >= 0.3 is 5.82 Å². The Kier molecular flexibility index (Phi) is 5.15. The van der Waals surface area contributed by atoms with Crippen LogP contribution in [-0.4, -0.2) is 39.3 Å². The fraction of sp³-hybridized carbons (Fsp3) is 0.545. The summed E-state index contributed by atoms with van der Waals surface area (Å²) in [6.07, 6.45) is 0.702. The molecule has 0 aliphatic heterocycles. The molecule has 0 fully saturated rings. The Labute approximate surface area is 110 Å². The number of hydrogen-bond acceptors (Lipinski definition) is 3. The van der Waals surface area contributed by atoms with Gasteiger partial charge in [-0.15, -0.1) is 11.6 Å². The van der Waals surface area contributed by atoms with Gasteiger partial charge in [-0.25, -0.2) is 4.57 Å². The van der Waals surface area contributed by atoms with Crippen molar-refractivity contribution in [3.8, 4) is 0 Å². The number of hydrogen-bond donors (Lipinski definition) is 0. The number of carbonyl (C=O) groups is 1. The predicted octanol–water partition coefficient (Wildman–Crippen LogP) is 2.02. The summed E-state index contributed by atoms with van der Waals surface area (Å²) in [5.74, 6) is 0.182. The molecule has 0 aliphatic rings. The van der Waals surface area contributed by atoms with Crippen LogP contribution in [0, 0.1) is 10.1 Å². The summed E-state index contributed by atoms with van der Waals surface area (Å²) in [5, 5.41) is 10.7. The number of amides is 1. The molecule has 0 N–H and O–H groups in total. The van der Waals surface area contributed by atoms with Crippen LogP contribution in [0.15, 0.2) is 12.1 Å². The molecule has 0 aliphatic carbocycles. The Bertz CT molecular complexity index is 445. The molecular formula is C11H16ClN3O3. The lowest BCUT2D eigenvalue weighted by atomic mass is 10.3. The molecule has 6 nitrogen and oxygen atoms in total. The van der Waals surface area contributed by atoms with E-state index in [1.54, 1.807) is 4.90 Å². The maximum absolute atomic E-state index is 12.2. The van der Waals surface area contributed by atoms with Crippen molar-refractivity contribution in [2.24, 2.45) is 7.05 Å². The number of halogens is 1. The average molecular weight is 274 g/mol. The van der Waals surface area contributed by atoms with Gasteiger partial charge in [-0.2, -0.15) is 0 Å². The highest BCUT2D eigenvalue weighted by Crippen LogP contribution is 2.16. The average Bonchev–Trinajstić information content (AvgIpc) is 2.71. The molecule has 1 amide bonds. The van der Waals surface area contributed by atoms with Crippen LogP contribution in [0.1, 0.15) is 23.8 Å². The van der Waals surface area contributed by atoms with Gasteiger partial charge in [-0.1, -0.05) is 0 Å². The van der Waals surface area contributed by atoms with E-state index in [1.165, 1.54) is 23.7 Å². The Balaban J connectivity index is 2.92. The Hall–Kier alpha value is -1.56. The zero-order valence-electron chi connectivity index (χ0n) is 10.4. The van der Waals surface area contributed by atoms with Crippen LogP contribution in [0.25, 0.3) is 0 Å². The lowest BCUT2D eigenvalue weighted by molar-refractivity contribution is -0.391. The first kappa shape index (κ1) is 14.5. The van der Waals surface area contributed by atoms with Gasteiger partial charge in [0.15, 0.2) is 5.69 Å². The summed E-state index contributed by atoms with van der Waals surface area (Å²) in [6.45, 7) is 2.97. The van der Waals surface area contributed by atoms with Crippen molar-refractivity contribution >= 4 is 23.3 Å². The molecule has 1 rings (SSSR count). The molecule has 0 bridgehead atoms. The van der Waals surface area contributed by atoms with E-state index in [1.807, 2.05) is 6.92 Å². The zero-order valence-corrected chi connectivity index (χ0v) is 11.2. The lowest BCUT2D eigenvalue weighted by Gasteiger charge is -2.19. The number of nitrogens with zero attached hydrogens (tertiary/aromatic N) is 3. The fourth-order valence-electron chi connectivity index (χ4n) is 1.71. The molecule has 100 valence electrons. The van der Waals surface area contributed by atoms with E-state index in [0.29, 0.717) is 31.1 Å². The number of aromatic nitrogens is 1. The van der Waals surface area contributed by atoms with E-state index in [0.717, 1.165) is 0 Å². The van der Waals surface area contributed by atoms with Crippen molar-refractivity contribution in [2.75, 3.05) is 19.0 Å². The standard InChI is InChI=1S/C11H16ClN3O3/c1-3-14(8-4-7-12)11(16)9-5-6-10(13(9)2)15(17)18/h5-6H,3-4,7-8H2,1-2H3. The molecule has 0 saturated carbocycles. The van der Waals surface area contributed by atoms with E-state index in [-0.39, 0.29) is 11.7 Å². The second kappa shape index (κ2) is 6.39. The topological polar surface area (TPSA) is 68.4 Å². The van der Waals surface area contributed by atoms with Crippen LogP contribution in [0.3, 0.4) is 0 Å². The van der Waals surface area contributed by atoms with Gasteiger partial charge in [0.05, 0.1) is 7.05 Å². The van der Waals surface area contributed by atoms with Crippen molar-refractivity contribution in [1.82, 2.24) is 9.47 Å². The van der Waals surface area contributed by atoms with E-state index < -0.39 is 4.92 Å². The first-order valence-corrected chi connectivity index (χ1v) is 6.21. The van der Waals surface area contributed by atoms with Gasteiger partial charge in [0, 0.05) is 25.0 Å². The quantitative estimate of drug-likeness (QED) is 0.452. The highest BCUT2D eigenvalue weighted by molar-refractivity contribution is 6.17. The van der Waals surface area contributed by atoms with Gasteiger partial charge in [0.25, 0.3) is 5.91 Å². The molecule has 1 heterocycles. The minimum Gasteiger partial charge on any atom is -0.358 e. The molecule has 1 aromatic rings. The van der Waals surface area contributed by atoms with Gasteiger partial charge in [-0.3, -0.25) is 4.79 Å². The summed E-state index contributed by atoms with van der Waals surface area (Å²) < 4.78 is 1.30. The molecule has 0 unspecified atom stereocenters. The minimum atomic E-state index is -0.508. The molecule has 0 saturated heterocycles. The minimum absolute atomic E-state index is 0.0910. The number of rotatable bonds is 6. The predicted molar refractivity (Wildman–Crippen MR) is 69.0 cm³/mol. The van der Waals surface area contributed by atoms with E-state index in [4.69, 9.17) is 11.6 Å². The van der Waals surface area contributed by atoms with E-state index in [9.17, 15) is 14.9 Å². The highest BCUT2D eigenvalue weighted by Gasteiger charge is 2.24. The van der Waals surface area contributed by atoms with Crippen LogP contribution < -0.4 is 0 Å². The third-order valence-electron chi connectivity index (χ3n) is 2.73. The summed E-state index contributed by atoms with van der Waals surface area (Å²) in [6, 6.07) is 2.81. The molecule has 1 aromatic heterocycles. The van der Waals surface area contributed by atoms with Crippen molar-refractivity contribution < 1.29 is 9.72 Å². The van der Waals surface area contributed by atoms with Crippen molar-refractivity contribution in [2.45, 2.75) is 13.3 Å². The second-order valence-electron chi connectivity index (χ2n) is 3.82. The molecule has 0 atom stereocenters. The fourth-order valence-corrected chi connectivity index (χ4v) is 1.83. The first-order valence-electron chi connectivity index (χ1n) is 5.68. The number of nitro groups is 1. The number of alkyl halides is 1. The van der Waals surface area contributed by atoms with E-state index >= 15 is 0 Å². The summed E-state index contributed by atoms with van der Waals surface area (Å²) in [5.41, 5.74) is 0.318. The molecule has 0 radical (unpaired) electrons. The van der Waals surface area contributed by atoms with Crippen LogP contribution in [0.4, 0.5) is 5.82 Å². The Morgan fingerprint density at radius 2 is 2.22 bits per heavy atom. The van der Waals surface area contributed by atoms with Crippen LogP contribution >= 0.6 is 11.6 Å². The van der Waals surface area contributed by atoms with Crippen LogP contribution in [0.5, 0.6) is 0 Å². The molecule has 18 heavy (non-hydrogen) atoms. The van der Waals surface area contributed by atoms with Gasteiger partial charge in [0.2, 0.25) is 0 Å². The first-order chi connectivity index (χ1) is 8.52. The molecule has 0 aromatic carbocycles.